The molecule has 126 valence electrons. The third-order valence-corrected chi connectivity index (χ3v) is 3.81. The van der Waals surface area contributed by atoms with Gasteiger partial charge in [0.1, 0.15) is 17.6 Å². The number of anilines is 2. The molecule has 0 radical (unpaired) electrons. The van der Waals surface area contributed by atoms with Crippen LogP contribution in [-0.4, -0.2) is 42.2 Å². The van der Waals surface area contributed by atoms with Crippen molar-refractivity contribution in [2.75, 3.05) is 30.5 Å². The molecule has 1 atom stereocenters. The Kier molecular flexibility index (Phi) is 4.79. The summed E-state index contributed by atoms with van der Waals surface area (Å²) in [5.41, 5.74) is 0.781. The number of methoxy groups -OCH3 is 1. The molecule has 7 nitrogen and oxygen atoms in total. The third-order valence-electron chi connectivity index (χ3n) is 3.81. The highest BCUT2D eigenvalue weighted by atomic mass is 16.5. The molecule has 0 aliphatic carbocycles. The maximum Gasteiger partial charge on any atom is 0.249 e. The number of aromatic nitrogens is 2. The van der Waals surface area contributed by atoms with E-state index in [1.54, 1.807) is 24.4 Å². The number of hydrogen-bond donors (Lipinski definition) is 1. The van der Waals surface area contributed by atoms with Crippen LogP contribution in [0, 0.1) is 0 Å². The first-order chi connectivity index (χ1) is 11.7. The van der Waals surface area contributed by atoms with E-state index in [9.17, 15) is 4.79 Å². The summed E-state index contributed by atoms with van der Waals surface area (Å²) in [6.07, 6.45) is 3.81. The number of carbonyl (C=O) groups excluding carboxylic acids is 1. The lowest BCUT2D eigenvalue weighted by Gasteiger charge is -2.19. The highest BCUT2D eigenvalue weighted by molar-refractivity contribution is 6.01. The van der Waals surface area contributed by atoms with Gasteiger partial charge in [-0.15, -0.1) is 0 Å². The summed E-state index contributed by atoms with van der Waals surface area (Å²) in [5.74, 6) is 1.64. The normalized spacial score (nSPS) is 17.0. The van der Waals surface area contributed by atoms with Crippen LogP contribution in [-0.2, 0) is 4.79 Å². The Balaban J connectivity index is 1.73. The van der Waals surface area contributed by atoms with Crippen molar-refractivity contribution in [1.82, 2.24) is 9.97 Å². The van der Waals surface area contributed by atoms with E-state index < -0.39 is 0 Å². The molecule has 1 saturated heterocycles. The Morgan fingerprint density at radius 1 is 1.33 bits per heavy atom. The molecule has 2 aromatic rings. The standard InChI is InChI=1S/C17H20N4O3/c1-3-24-16-11-18-10-15(20-16)19-12-8-9-21(17(12)22)13-6-4-5-7-14(13)23-2/h4-7,10-12H,3,8-9H2,1-2H3,(H,19,20). The van der Waals surface area contributed by atoms with E-state index in [1.807, 2.05) is 31.2 Å². The number of rotatable bonds is 6. The highest BCUT2D eigenvalue weighted by Gasteiger charge is 2.34. The molecular weight excluding hydrogens is 308 g/mol. The van der Waals surface area contributed by atoms with Crippen LogP contribution in [0.25, 0.3) is 0 Å². The predicted octanol–water partition coefficient (Wildman–Crippen LogP) is 2.10. The summed E-state index contributed by atoms with van der Waals surface area (Å²) in [7, 11) is 1.60. The van der Waals surface area contributed by atoms with E-state index in [0.29, 0.717) is 37.0 Å². The molecule has 1 fully saturated rings. The second-order valence-corrected chi connectivity index (χ2v) is 5.32. The Morgan fingerprint density at radius 3 is 2.96 bits per heavy atom. The molecule has 0 spiro atoms. The number of carbonyl (C=O) groups is 1. The number of benzene rings is 1. The van der Waals surface area contributed by atoms with E-state index in [1.165, 1.54) is 0 Å². The van der Waals surface area contributed by atoms with Crippen LogP contribution in [0.4, 0.5) is 11.5 Å². The minimum atomic E-state index is -0.346. The van der Waals surface area contributed by atoms with E-state index >= 15 is 0 Å². The average Bonchev–Trinajstić information content (AvgIpc) is 2.96. The molecule has 24 heavy (non-hydrogen) atoms. The van der Waals surface area contributed by atoms with E-state index in [2.05, 4.69) is 15.3 Å². The van der Waals surface area contributed by atoms with Crippen LogP contribution >= 0.6 is 0 Å². The van der Waals surface area contributed by atoms with Crippen LogP contribution in [0.5, 0.6) is 11.6 Å². The quantitative estimate of drug-likeness (QED) is 0.875. The number of hydrogen-bond acceptors (Lipinski definition) is 6. The molecule has 0 bridgehead atoms. The minimum absolute atomic E-state index is 0.0110. The van der Waals surface area contributed by atoms with Gasteiger partial charge in [-0.25, -0.2) is 0 Å². The van der Waals surface area contributed by atoms with Crippen molar-refractivity contribution in [1.29, 1.82) is 0 Å². The van der Waals surface area contributed by atoms with Gasteiger partial charge in [0.15, 0.2) is 0 Å². The van der Waals surface area contributed by atoms with Crippen molar-refractivity contribution in [3.63, 3.8) is 0 Å². The largest absolute Gasteiger partial charge is 0.495 e. The second kappa shape index (κ2) is 7.16. The molecule has 1 aromatic carbocycles. The van der Waals surface area contributed by atoms with Crippen molar-refractivity contribution in [2.45, 2.75) is 19.4 Å². The maximum atomic E-state index is 12.7. The number of nitrogens with one attached hydrogen (secondary N) is 1. The Morgan fingerprint density at radius 2 is 2.17 bits per heavy atom. The van der Waals surface area contributed by atoms with Crippen LogP contribution in [0.3, 0.4) is 0 Å². The topological polar surface area (TPSA) is 76.6 Å². The van der Waals surface area contributed by atoms with Gasteiger partial charge < -0.3 is 19.7 Å². The molecule has 1 unspecified atom stereocenters. The maximum absolute atomic E-state index is 12.7. The SMILES string of the molecule is CCOc1cncc(NC2CCN(c3ccccc3OC)C2=O)n1. The third kappa shape index (κ3) is 3.24. The van der Waals surface area contributed by atoms with Gasteiger partial charge in [-0.1, -0.05) is 12.1 Å². The number of para-hydroxylation sites is 2. The van der Waals surface area contributed by atoms with Gasteiger partial charge in [0.05, 0.1) is 31.8 Å². The fourth-order valence-electron chi connectivity index (χ4n) is 2.72. The summed E-state index contributed by atoms with van der Waals surface area (Å²) >= 11 is 0. The molecule has 3 rings (SSSR count). The fourth-order valence-corrected chi connectivity index (χ4v) is 2.72. The van der Waals surface area contributed by atoms with Gasteiger partial charge in [0.25, 0.3) is 0 Å². The number of nitrogens with zero attached hydrogens (tertiary/aromatic N) is 3. The molecule has 0 saturated carbocycles. The van der Waals surface area contributed by atoms with Gasteiger partial charge in [-0.2, -0.15) is 4.98 Å². The van der Waals surface area contributed by atoms with Crippen molar-refractivity contribution in [2.24, 2.45) is 0 Å². The number of amides is 1. The molecule has 1 N–H and O–H groups in total. The van der Waals surface area contributed by atoms with Crippen LogP contribution in [0.2, 0.25) is 0 Å². The lowest BCUT2D eigenvalue weighted by molar-refractivity contribution is -0.117. The Hall–Kier alpha value is -2.83. The van der Waals surface area contributed by atoms with Crippen LogP contribution in [0.1, 0.15) is 13.3 Å². The molecule has 2 heterocycles. The summed E-state index contributed by atoms with van der Waals surface area (Å²) in [6.45, 7) is 3.02. The predicted molar refractivity (Wildman–Crippen MR) is 90.6 cm³/mol. The van der Waals surface area contributed by atoms with Gasteiger partial charge in [-0.05, 0) is 25.5 Å². The van der Waals surface area contributed by atoms with Gasteiger partial charge in [0.2, 0.25) is 11.8 Å². The van der Waals surface area contributed by atoms with E-state index in [-0.39, 0.29) is 11.9 Å². The second-order valence-electron chi connectivity index (χ2n) is 5.32. The highest BCUT2D eigenvalue weighted by Crippen LogP contribution is 2.31. The minimum Gasteiger partial charge on any atom is -0.495 e. The first kappa shape index (κ1) is 16.0. The average molecular weight is 328 g/mol. The summed E-state index contributed by atoms with van der Waals surface area (Å²) < 4.78 is 10.7. The number of ether oxygens (including phenoxy) is 2. The summed E-state index contributed by atoms with van der Waals surface area (Å²) in [4.78, 5) is 22.8. The van der Waals surface area contributed by atoms with Crippen molar-refractivity contribution in [3.05, 3.63) is 36.7 Å². The van der Waals surface area contributed by atoms with Crippen molar-refractivity contribution >= 4 is 17.4 Å². The first-order valence-corrected chi connectivity index (χ1v) is 7.88. The Labute approximate surface area is 140 Å². The molecular formula is C17H20N4O3. The van der Waals surface area contributed by atoms with Gasteiger partial charge in [0, 0.05) is 6.54 Å². The first-order valence-electron chi connectivity index (χ1n) is 7.88. The lowest BCUT2D eigenvalue weighted by atomic mass is 10.2. The summed E-state index contributed by atoms with van der Waals surface area (Å²) in [5, 5.41) is 3.14. The Bertz CT molecular complexity index is 722. The van der Waals surface area contributed by atoms with E-state index in [4.69, 9.17) is 9.47 Å². The zero-order chi connectivity index (χ0) is 16.9. The smallest absolute Gasteiger partial charge is 0.249 e. The zero-order valence-electron chi connectivity index (χ0n) is 13.7. The van der Waals surface area contributed by atoms with Crippen LogP contribution < -0.4 is 19.7 Å². The molecule has 1 aliphatic heterocycles. The van der Waals surface area contributed by atoms with Crippen molar-refractivity contribution in [3.8, 4) is 11.6 Å². The van der Waals surface area contributed by atoms with Gasteiger partial charge in [-0.3, -0.25) is 9.78 Å². The molecule has 1 aromatic heterocycles. The monoisotopic (exact) mass is 328 g/mol. The van der Waals surface area contributed by atoms with E-state index in [0.717, 1.165) is 5.69 Å². The fraction of sp³-hybridized carbons (Fsp3) is 0.353. The van der Waals surface area contributed by atoms with Crippen LogP contribution in [0.15, 0.2) is 36.7 Å². The zero-order valence-corrected chi connectivity index (χ0v) is 13.7. The summed E-state index contributed by atoms with van der Waals surface area (Å²) in [6, 6.07) is 7.16. The van der Waals surface area contributed by atoms with Crippen molar-refractivity contribution < 1.29 is 14.3 Å². The lowest BCUT2D eigenvalue weighted by Crippen LogP contribution is -2.33. The molecule has 1 amide bonds. The molecule has 1 aliphatic rings. The van der Waals surface area contributed by atoms with Gasteiger partial charge >= 0.3 is 0 Å². The molecule has 7 heteroatoms.